The molecule has 0 aliphatic carbocycles. The van der Waals surface area contributed by atoms with Gasteiger partial charge in [-0.25, -0.2) is 0 Å². The number of hydrogen-bond acceptors (Lipinski definition) is 5. The summed E-state index contributed by atoms with van der Waals surface area (Å²) in [6, 6.07) is 12.0. The van der Waals surface area contributed by atoms with E-state index in [9.17, 15) is 14.4 Å². The molecule has 132 valence electrons. The van der Waals surface area contributed by atoms with Gasteiger partial charge in [0.1, 0.15) is 11.5 Å². The molecule has 0 N–H and O–H groups in total. The van der Waals surface area contributed by atoms with Gasteiger partial charge in [0.05, 0.1) is 17.9 Å². The first kappa shape index (κ1) is 16.1. The Labute approximate surface area is 149 Å². The summed E-state index contributed by atoms with van der Waals surface area (Å²) in [5.74, 6) is 0.440. The standard InChI is InChI=1S/C19H16N2O5/c1-20-14-8-12(6-7-17(14)25-10-18(20)23)15(22)9-21-13-4-2-3-5-16(13)26-11-19(21)24/h2-8H,9-11H2,1H3. The predicted octanol–water partition coefficient (Wildman–Crippen LogP) is 1.65. The number of hydrogen-bond donors (Lipinski definition) is 0. The Hall–Kier alpha value is -3.35. The fraction of sp³-hybridized carbons (Fsp3) is 0.211. The Morgan fingerprint density at radius 3 is 2.46 bits per heavy atom. The van der Waals surface area contributed by atoms with Crippen LogP contribution >= 0.6 is 0 Å². The average Bonchev–Trinajstić information content (AvgIpc) is 2.67. The van der Waals surface area contributed by atoms with Crippen LogP contribution in [0, 0.1) is 0 Å². The van der Waals surface area contributed by atoms with Gasteiger partial charge < -0.3 is 14.4 Å². The molecule has 0 atom stereocenters. The van der Waals surface area contributed by atoms with Gasteiger partial charge in [0.15, 0.2) is 19.0 Å². The lowest BCUT2D eigenvalue weighted by Gasteiger charge is -2.29. The number of carbonyl (C=O) groups excluding carboxylic acids is 3. The van der Waals surface area contributed by atoms with E-state index >= 15 is 0 Å². The third kappa shape index (κ3) is 2.67. The number of nitrogens with zero attached hydrogens (tertiary/aromatic N) is 2. The van der Waals surface area contributed by atoms with E-state index in [1.807, 2.05) is 6.07 Å². The van der Waals surface area contributed by atoms with Crippen LogP contribution in [0.2, 0.25) is 0 Å². The van der Waals surface area contributed by atoms with Crippen LogP contribution in [0.3, 0.4) is 0 Å². The number of anilines is 2. The number of ketones is 1. The molecule has 2 heterocycles. The van der Waals surface area contributed by atoms with Crippen LogP contribution in [-0.4, -0.2) is 44.4 Å². The quantitative estimate of drug-likeness (QED) is 0.785. The van der Waals surface area contributed by atoms with Crippen LogP contribution in [0.5, 0.6) is 11.5 Å². The zero-order chi connectivity index (χ0) is 18.3. The first-order valence-corrected chi connectivity index (χ1v) is 8.13. The highest BCUT2D eigenvalue weighted by atomic mass is 16.5. The highest BCUT2D eigenvalue weighted by molar-refractivity contribution is 6.08. The van der Waals surface area contributed by atoms with Gasteiger partial charge in [0.2, 0.25) is 0 Å². The van der Waals surface area contributed by atoms with E-state index in [1.165, 1.54) is 9.80 Å². The van der Waals surface area contributed by atoms with Crippen molar-refractivity contribution in [3.63, 3.8) is 0 Å². The van der Waals surface area contributed by atoms with E-state index in [1.54, 1.807) is 43.4 Å². The van der Waals surface area contributed by atoms with Crippen LogP contribution in [0.1, 0.15) is 10.4 Å². The van der Waals surface area contributed by atoms with Gasteiger partial charge >= 0.3 is 0 Å². The van der Waals surface area contributed by atoms with Crippen molar-refractivity contribution in [1.29, 1.82) is 0 Å². The Bertz CT molecular complexity index is 924. The molecule has 2 aliphatic heterocycles. The smallest absolute Gasteiger partial charge is 0.265 e. The van der Waals surface area contributed by atoms with E-state index in [0.29, 0.717) is 28.4 Å². The predicted molar refractivity (Wildman–Crippen MR) is 94.0 cm³/mol. The normalized spacial score (nSPS) is 15.7. The zero-order valence-corrected chi connectivity index (χ0v) is 14.1. The summed E-state index contributed by atoms with van der Waals surface area (Å²) in [5, 5.41) is 0. The Morgan fingerprint density at radius 1 is 0.962 bits per heavy atom. The SMILES string of the molecule is CN1C(=O)COc2ccc(C(=O)CN3C(=O)COc4ccccc43)cc21. The minimum absolute atomic E-state index is 0.0180. The van der Waals surface area contributed by atoms with Gasteiger partial charge in [0, 0.05) is 12.6 Å². The zero-order valence-electron chi connectivity index (χ0n) is 14.1. The van der Waals surface area contributed by atoms with E-state index in [0.717, 1.165) is 0 Å². The second kappa shape index (κ2) is 6.18. The van der Waals surface area contributed by atoms with Gasteiger partial charge in [-0.2, -0.15) is 0 Å². The number of benzene rings is 2. The van der Waals surface area contributed by atoms with Crippen LogP contribution in [0.4, 0.5) is 11.4 Å². The lowest BCUT2D eigenvalue weighted by molar-refractivity contribution is -0.121. The maximum atomic E-state index is 12.8. The van der Waals surface area contributed by atoms with Crippen LogP contribution < -0.4 is 19.3 Å². The molecule has 26 heavy (non-hydrogen) atoms. The molecule has 2 amide bonds. The molecule has 2 aliphatic rings. The molecule has 7 nitrogen and oxygen atoms in total. The van der Waals surface area contributed by atoms with Crippen LogP contribution in [0.25, 0.3) is 0 Å². The topological polar surface area (TPSA) is 76.2 Å². The highest BCUT2D eigenvalue weighted by Gasteiger charge is 2.28. The molecule has 0 bridgehead atoms. The summed E-state index contributed by atoms with van der Waals surface area (Å²) in [4.78, 5) is 39.7. The van der Waals surface area contributed by atoms with Crippen molar-refractivity contribution in [3.8, 4) is 11.5 Å². The van der Waals surface area contributed by atoms with Crippen LogP contribution in [0.15, 0.2) is 42.5 Å². The van der Waals surface area contributed by atoms with E-state index in [4.69, 9.17) is 9.47 Å². The second-order valence-corrected chi connectivity index (χ2v) is 6.08. The molecule has 0 aromatic heterocycles. The largest absolute Gasteiger partial charge is 0.482 e. The van der Waals surface area contributed by atoms with Crippen molar-refractivity contribution in [2.45, 2.75) is 0 Å². The summed E-state index contributed by atoms with van der Waals surface area (Å²) >= 11 is 0. The van der Waals surface area contributed by atoms with Gasteiger partial charge in [-0.15, -0.1) is 0 Å². The molecule has 2 aromatic rings. The summed E-state index contributed by atoms with van der Waals surface area (Å²) in [6.45, 7) is -0.216. The molecule has 2 aromatic carbocycles. The first-order chi connectivity index (χ1) is 12.5. The molecule has 7 heteroatoms. The Balaban J connectivity index is 1.62. The van der Waals surface area contributed by atoms with E-state index in [2.05, 4.69) is 0 Å². The number of carbonyl (C=O) groups is 3. The number of para-hydroxylation sites is 2. The van der Waals surface area contributed by atoms with Crippen molar-refractivity contribution in [1.82, 2.24) is 0 Å². The molecule has 0 unspecified atom stereocenters. The highest BCUT2D eigenvalue weighted by Crippen LogP contribution is 2.34. The van der Waals surface area contributed by atoms with Crippen LogP contribution in [-0.2, 0) is 9.59 Å². The third-order valence-corrected chi connectivity index (χ3v) is 4.48. The first-order valence-electron chi connectivity index (χ1n) is 8.13. The van der Waals surface area contributed by atoms with Crippen molar-refractivity contribution >= 4 is 29.0 Å². The lowest BCUT2D eigenvalue weighted by Crippen LogP contribution is -2.42. The number of fused-ring (bicyclic) bond motifs is 2. The Morgan fingerprint density at radius 2 is 1.65 bits per heavy atom. The monoisotopic (exact) mass is 352 g/mol. The number of rotatable bonds is 3. The van der Waals surface area contributed by atoms with Gasteiger partial charge in [-0.05, 0) is 30.3 Å². The van der Waals surface area contributed by atoms with Gasteiger partial charge in [-0.3, -0.25) is 19.3 Å². The number of amides is 2. The number of Topliss-reactive ketones (excluding diaryl/α,β-unsaturated/α-hetero) is 1. The number of likely N-dealkylation sites (N-methyl/N-ethyl adjacent to an activating group) is 1. The fourth-order valence-electron chi connectivity index (χ4n) is 3.01. The van der Waals surface area contributed by atoms with Crippen molar-refractivity contribution in [2.75, 3.05) is 36.6 Å². The Kier molecular flexibility index (Phi) is 3.84. The summed E-state index contributed by atoms with van der Waals surface area (Å²) < 4.78 is 10.8. The third-order valence-electron chi connectivity index (χ3n) is 4.48. The van der Waals surface area contributed by atoms with E-state index < -0.39 is 0 Å². The summed E-state index contributed by atoms with van der Waals surface area (Å²) in [5.41, 5.74) is 1.53. The van der Waals surface area contributed by atoms with Gasteiger partial charge in [0.25, 0.3) is 11.8 Å². The minimum Gasteiger partial charge on any atom is -0.482 e. The maximum Gasteiger partial charge on any atom is 0.265 e. The number of ether oxygens (including phenoxy) is 2. The summed E-state index contributed by atoms with van der Waals surface area (Å²) in [6.07, 6.45) is 0. The minimum atomic E-state index is -0.273. The summed E-state index contributed by atoms with van der Waals surface area (Å²) in [7, 11) is 1.64. The van der Waals surface area contributed by atoms with E-state index in [-0.39, 0.29) is 37.4 Å². The average molecular weight is 352 g/mol. The molecule has 0 spiro atoms. The molecule has 4 rings (SSSR count). The van der Waals surface area contributed by atoms with Gasteiger partial charge in [-0.1, -0.05) is 12.1 Å². The molecular weight excluding hydrogens is 336 g/mol. The molecule has 0 fully saturated rings. The van der Waals surface area contributed by atoms with Crippen molar-refractivity contribution in [2.24, 2.45) is 0 Å². The second-order valence-electron chi connectivity index (χ2n) is 6.08. The molecule has 0 saturated carbocycles. The molecule has 0 saturated heterocycles. The molecule has 0 radical (unpaired) electrons. The van der Waals surface area contributed by atoms with Crippen molar-refractivity contribution in [3.05, 3.63) is 48.0 Å². The maximum absolute atomic E-state index is 12.8. The lowest BCUT2D eigenvalue weighted by atomic mass is 10.1. The van der Waals surface area contributed by atoms with Crippen molar-refractivity contribution < 1.29 is 23.9 Å². The fourth-order valence-corrected chi connectivity index (χ4v) is 3.01. The molecular formula is C19H16N2O5.